The number of nitro benzene ring substituents is 1. The number of non-ortho nitro benzene ring substituents is 1. The van der Waals surface area contributed by atoms with Crippen LogP contribution in [0.5, 0.6) is 0 Å². The fourth-order valence-corrected chi connectivity index (χ4v) is 2.61. The third-order valence-corrected chi connectivity index (χ3v) is 3.91. The van der Waals surface area contributed by atoms with Gasteiger partial charge in [0.2, 0.25) is 0 Å². The Morgan fingerprint density at radius 2 is 2.05 bits per heavy atom. The molecule has 1 fully saturated rings. The number of hydrogen-bond donors (Lipinski definition) is 1. The van der Waals surface area contributed by atoms with E-state index in [2.05, 4.69) is 17.1 Å². The highest BCUT2D eigenvalue weighted by atomic mass is 16.6. The largest absolute Gasteiger partial charge is 0.384 e. The van der Waals surface area contributed by atoms with Crippen LogP contribution in [0.15, 0.2) is 18.2 Å². The van der Waals surface area contributed by atoms with Gasteiger partial charge in [0.25, 0.3) is 5.69 Å². The molecule has 5 heteroatoms. The number of aryl methyl sites for hydroxylation is 1. The molecule has 1 aromatic carbocycles. The summed E-state index contributed by atoms with van der Waals surface area (Å²) in [4.78, 5) is 12.9. The van der Waals surface area contributed by atoms with Crippen LogP contribution < -0.4 is 5.32 Å². The van der Waals surface area contributed by atoms with Crippen LogP contribution in [0.2, 0.25) is 0 Å². The molecule has 5 nitrogen and oxygen atoms in total. The van der Waals surface area contributed by atoms with Crippen LogP contribution >= 0.6 is 0 Å². The average Bonchev–Trinajstić information content (AvgIpc) is 2.40. The molecule has 0 radical (unpaired) electrons. The Labute approximate surface area is 120 Å². The topological polar surface area (TPSA) is 58.4 Å². The van der Waals surface area contributed by atoms with Gasteiger partial charge in [0.05, 0.1) is 4.92 Å². The summed E-state index contributed by atoms with van der Waals surface area (Å²) < 4.78 is 0. The SMILES string of the molecule is Cc1cc(NCCN2CCC(C)CC2)cc([N+](=O)[O-])c1. The molecule has 1 saturated heterocycles. The highest BCUT2D eigenvalue weighted by molar-refractivity contribution is 5.53. The molecule has 110 valence electrons. The first-order valence-electron chi connectivity index (χ1n) is 7.27. The van der Waals surface area contributed by atoms with Gasteiger partial charge in [-0.1, -0.05) is 6.92 Å². The van der Waals surface area contributed by atoms with Crippen molar-refractivity contribution in [2.45, 2.75) is 26.7 Å². The second-order valence-corrected chi connectivity index (χ2v) is 5.77. The Bertz CT molecular complexity index is 468. The maximum Gasteiger partial charge on any atom is 0.271 e. The van der Waals surface area contributed by atoms with E-state index in [1.807, 2.05) is 13.0 Å². The van der Waals surface area contributed by atoms with Crippen molar-refractivity contribution in [2.24, 2.45) is 5.92 Å². The second-order valence-electron chi connectivity index (χ2n) is 5.77. The van der Waals surface area contributed by atoms with Crippen LogP contribution in [-0.4, -0.2) is 36.0 Å². The number of nitro groups is 1. The van der Waals surface area contributed by atoms with E-state index in [1.54, 1.807) is 12.1 Å². The van der Waals surface area contributed by atoms with Gasteiger partial charge in [-0.05, 0) is 50.4 Å². The summed E-state index contributed by atoms with van der Waals surface area (Å²) in [6.07, 6.45) is 2.55. The van der Waals surface area contributed by atoms with Gasteiger partial charge in [-0.15, -0.1) is 0 Å². The molecule has 1 N–H and O–H groups in total. The fourth-order valence-electron chi connectivity index (χ4n) is 2.61. The van der Waals surface area contributed by atoms with E-state index in [-0.39, 0.29) is 10.6 Å². The van der Waals surface area contributed by atoms with Gasteiger partial charge in [0, 0.05) is 30.9 Å². The van der Waals surface area contributed by atoms with Crippen LogP contribution in [0, 0.1) is 23.0 Å². The maximum atomic E-state index is 10.8. The number of nitrogens with one attached hydrogen (secondary N) is 1. The van der Waals surface area contributed by atoms with Gasteiger partial charge in [0.1, 0.15) is 0 Å². The lowest BCUT2D eigenvalue weighted by Crippen LogP contribution is -2.36. The molecule has 2 rings (SSSR count). The number of likely N-dealkylation sites (tertiary alicyclic amines) is 1. The summed E-state index contributed by atoms with van der Waals surface area (Å²) in [5, 5.41) is 14.1. The zero-order valence-corrected chi connectivity index (χ0v) is 12.3. The Morgan fingerprint density at radius 3 is 2.70 bits per heavy atom. The summed E-state index contributed by atoms with van der Waals surface area (Å²) in [7, 11) is 0. The van der Waals surface area contributed by atoms with Crippen molar-refractivity contribution in [3.05, 3.63) is 33.9 Å². The molecule has 0 atom stereocenters. The number of nitrogens with zero attached hydrogens (tertiary/aromatic N) is 2. The first-order chi connectivity index (χ1) is 9.54. The molecular weight excluding hydrogens is 254 g/mol. The van der Waals surface area contributed by atoms with Gasteiger partial charge in [-0.2, -0.15) is 0 Å². The fraction of sp³-hybridized carbons (Fsp3) is 0.600. The lowest BCUT2D eigenvalue weighted by Gasteiger charge is -2.30. The summed E-state index contributed by atoms with van der Waals surface area (Å²) in [6.45, 7) is 8.34. The van der Waals surface area contributed by atoms with E-state index in [9.17, 15) is 10.1 Å². The second kappa shape index (κ2) is 6.70. The highest BCUT2D eigenvalue weighted by Crippen LogP contribution is 2.20. The first-order valence-corrected chi connectivity index (χ1v) is 7.27. The molecule has 1 aliphatic heterocycles. The minimum atomic E-state index is -0.343. The minimum Gasteiger partial charge on any atom is -0.384 e. The molecule has 1 aliphatic rings. The summed E-state index contributed by atoms with van der Waals surface area (Å²) in [5.41, 5.74) is 1.90. The van der Waals surface area contributed by atoms with E-state index in [1.165, 1.54) is 12.8 Å². The number of benzene rings is 1. The zero-order valence-electron chi connectivity index (χ0n) is 12.3. The van der Waals surface area contributed by atoms with Gasteiger partial charge < -0.3 is 10.2 Å². The lowest BCUT2D eigenvalue weighted by molar-refractivity contribution is -0.384. The van der Waals surface area contributed by atoms with Gasteiger partial charge in [-0.3, -0.25) is 10.1 Å². The average molecular weight is 277 g/mol. The molecule has 0 bridgehead atoms. The number of piperidine rings is 1. The molecule has 1 heterocycles. The monoisotopic (exact) mass is 277 g/mol. The molecule has 0 spiro atoms. The summed E-state index contributed by atoms with van der Waals surface area (Å²) in [5.74, 6) is 0.846. The van der Waals surface area contributed by atoms with Crippen LogP contribution in [-0.2, 0) is 0 Å². The third-order valence-electron chi connectivity index (χ3n) is 3.91. The van der Waals surface area contributed by atoms with Crippen LogP contribution in [0.25, 0.3) is 0 Å². The first kappa shape index (κ1) is 14.8. The molecule has 1 aromatic rings. The summed E-state index contributed by atoms with van der Waals surface area (Å²) >= 11 is 0. The molecule has 0 amide bonds. The summed E-state index contributed by atoms with van der Waals surface area (Å²) in [6, 6.07) is 5.15. The predicted octanol–water partition coefficient (Wildman–Crippen LogP) is 3.05. The zero-order chi connectivity index (χ0) is 14.5. The van der Waals surface area contributed by atoms with Crippen molar-refractivity contribution in [1.82, 2.24) is 4.90 Å². The van der Waals surface area contributed by atoms with Crippen molar-refractivity contribution >= 4 is 11.4 Å². The van der Waals surface area contributed by atoms with E-state index >= 15 is 0 Å². The predicted molar refractivity (Wildman–Crippen MR) is 81.2 cm³/mol. The molecule has 0 aliphatic carbocycles. The van der Waals surface area contributed by atoms with E-state index in [0.717, 1.165) is 43.3 Å². The van der Waals surface area contributed by atoms with Crippen molar-refractivity contribution in [1.29, 1.82) is 0 Å². The Morgan fingerprint density at radius 1 is 1.35 bits per heavy atom. The van der Waals surface area contributed by atoms with E-state index in [4.69, 9.17) is 0 Å². The van der Waals surface area contributed by atoms with Crippen LogP contribution in [0.1, 0.15) is 25.3 Å². The molecule has 0 unspecified atom stereocenters. The van der Waals surface area contributed by atoms with Crippen molar-refractivity contribution in [2.75, 3.05) is 31.5 Å². The Hall–Kier alpha value is -1.62. The molecular formula is C15H23N3O2. The number of rotatable bonds is 5. The smallest absolute Gasteiger partial charge is 0.271 e. The number of hydrogen-bond acceptors (Lipinski definition) is 4. The highest BCUT2D eigenvalue weighted by Gasteiger charge is 2.15. The van der Waals surface area contributed by atoms with Crippen LogP contribution in [0.3, 0.4) is 0 Å². The van der Waals surface area contributed by atoms with Gasteiger partial charge >= 0.3 is 0 Å². The molecule has 20 heavy (non-hydrogen) atoms. The maximum absolute atomic E-state index is 10.8. The standard InChI is InChI=1S/C15H23N3O2/c1-12-3-6-17(7-4-12)8-5-16-14-9-13(2)10-15(11-14)18(19)20/h9-12,16H,3-8H2,1-2H3. The lowest BCUT2D eigenvalue weighted by atomic mass is 9.99. The van der Waals surface area contributed by atoms with Crippen molar-refractivity contribution in [3.8, 4) is 0 Å². The van der Waals surface area contributed by atoms with Gasteiger partial charge in [-0.25, -0.2) is 0 Å². The molecule has 0 saturated carbocycles. The minimum absolute atomic E-state index is 0.152. The Balaban J connectivity index is 1.83. The van der Waals surface area contributed by atoms with E-state index < -0.39 is 0 Å². The van der Waals surface area contributed by atoms with Crippen molar-refractivity contribution < 1.29 is 4.92 Å². The quantitative estimate of drug-likeness (QED) is 0.664. The van der Waals surface area contributed by atoms with Crippen LogP contribution in [0.4, 0.5) is 11.4 Å². The van der Waals surface area contributed by atoms with E-state index in [0.29, 0.717) is 0 Å². The third kappa shape index (κ3) is 4.20. The van der Waals surface area contributed by atoms with Gasteiger partial charge in [0.15, 0.2) is 0 Å². The number of anilines is 1. The molecule has 0 aromatic heterocycles. The Kier molecular flexibility index (Phi) is 4.95. The van der Waals surface area contributed by atoms with Crippen molar-refractivity contribution in [3.63, 3.8) is 0 Å². The normalized spacial score (nSPS) is 17.1.